The van der Waals surface area contributed by atoms with Gasteiger partial charge in [-0.25, -0.2) is 0 Å². The van der Waals surface area contributed by atoms with Crippen molar-refractivity contribution in [3.05, 3.63) is 23.2 Å². The number of carbonyl (C=O) groups excluding carboxylic acids is 2. The largest absolute Gasteiger partial charge is 0.273 e. The molecule has 5 atom stereocenters. The molecule has 10 nitrogen and oxygen atoms in total. The number of hydrogen-bond acceptors (Lipinski definition) is 6. The second kappa shape index (κ2) is 7.14. The van der Waals surface area contributed by atoms with Crippen molar-refractivity contribution >= 4 is 27.7 Å². The summed E-state index contributed by atoms with van der Waals surface area (Å²) in [7, 11) is 0. The third-order valence-corrected chi connectivity index (χ3v) is 7.50. The van der Waals surface area contributed by atoms with Crippen LogP contribution in [0.5, 0.6) is 0 Å². The minimum absolute atomic E-state index is 0.0940. The van der Waals surface area contributed by atoms with Gasteiger partial charge < -0.3 is 0 Å². The van der Waals surface area contributed by atoms with E-state index in [2.05, 4.69) is 47.3 Å². The quantitative estimate of drug-likeness (QED) is 0.629. The SMILES string of the molecule is C[C@@H](Cn1cc(Br)cn1)C(=O)NNC(=O)C12C[C@H]3C[C@@H](C1)CC(n1ncnn1)(C3)C2. The zero-order valence-electron chi connectivity index (χ0n) is 16.8. The van der Waals surface area contributed by atoms with E-state index < -0.39 is 5.41 Å². The van der Waals surface area contributed by atoms with Crippen LogP contribution in [0.15, 0.2) is 23.2 Å². The van der Waals surface area contributed by atoms with Crippen LogP contribution in [0.1, 0.15) is 45.4 Å². The topological polar surface area (TPSA) is 120 Å². The van der Waals surface area contributed by atoms with Gasteiger partial charge in [-0.05, 0) is 71.5 Å². The van der Waals surface area contributed by atoms with Gasteiger partial charge in [0.1, 0.15) is 0 Å². The monoisotopic (exact) mass is 476 g/mol. The predicted octanol–water partition coefficient (Wildman–Crippen LogP) is 1.41. The molecule has 4 aliphatic rings. The lowest BCUT2D eigenvalue weighted by atomic mass is 9.46. The Balaban J connectivity index is 1.25. The van der Waals surface area contributed by atoms with Crippen LogP contribution >= 0.6 is 15.9 Å². The van der Waals surface area contributed by atoms with Gasteiger partial charge in [0.25, 0.3) is 0 Å². The lowest BCUT2D eigenvalue weighted by Crippen LogP contribution is -2.63. The molecule has 4 aliphatic carbocycles. The summed E-state index contributed by atoms with van der Waals surface area (Å²) in [5.74, 6) is 0.307. The van der Waals surface area contributed by atoms with Crippen LogP contribution in [0.4, 0.5) is 0 Å². The van der Waals surface area contributed by atoms with E-state index in [-0.39, 0.29) is 23.3 Å². The first-order valence-electron chi connectivity index (χ1n) is 10.4. The number of rotatable bonds is 5. The van der Waals surface area contributed by atoms with Gasteiger partial charge in [-0.15, -0.1) is 10.2 Å². The third-order valence-electron chi connectivity index (χ3n) is 7.09. The Hall–Kier alpha value is -2.30. The fourth-order valence-electron chi connectivity index (χ4n) is 6.27. The highest BCUT2D eigenvalue weighted by atomic mass is 79.9. The zero-order chi connectivity index (χ0) is 20.9. The molecule has 2 aromatic heterocycles. The van der Waals surface area contributed by atoms with Gasteiger partial charge in [0.15, 0.2) is 6.33 Å². The maximum absolute atomic E-state index is 13.3. The van der Waals surface area contributed by atoms with E-state index in [9.17, 15) is 9.59 Å². The van der Waals surface area contributed by atoms with E-state index in [0.29, 0.717) is 24.8 Å². The van der Waals surface area contributed by atoms with Gasteiger partial charge in [-0.1, -0.05) is 6.92 Å². The number of carbonyl (C=O) groups is 2. The van der Waals surface area contributed by atoms with E-state index in [1.807, 2.05) is 13.1 Å². The molecule has 0 saturated heterocycles. The molecule has 2 amide bonds. The fraction of sp³-hybridized carbons (Fsp3) is 0.684. The van der Waals surface area contributed by atoms with Crippen LogP contribution in [0.25, 0.3) is 0 Å². The van der Waals surface area contributed by atoms with E-state index in [4.69, 9.17) is 0 Å². The van der Waals surface area contributed by atoms with Gasteiger partial charge in [0.05, 0.1) is 34.1 Å². The number of nitrogens with one attached hydrogen (secondary N) is 2. The van der Waals surface area contributed by atoms with Gasteiger partial charge in [-0.2, -0.15) is 9.90 Å². The first kappa shape index (κ1) is 19.7. The third kappa shape index (κ3) is 3.32. The summed E-state index contributed by atoms with van der Waals surface area (Å²) in [5, 5.41) is 16.6. The second-order valence-electron chi connectivity index (χ2n) is 9.42. The van der Waals surface area contributed by atoms with Gasteiger partial charge in [0, 0.05) is 6.20 Å². The van der Waals surface area contributed by atoms with Crippen molar-refractivity contribution in [3.63, 3.8) is 0 Å². The van der Waals surface area contributed by atoms with Crippen LogP contribution in [-0.2, 0) is 21.7 Å². The standard InChI is InChI=1S/C19H25BrN8O2/c1-12(8-27-9-15(20)7-22-27)16(29)24-25-17(30)18-3-13-2-14(4-18)6-19(5-13,10-18)28-23-11-21-26-28/h7,9,11-14H,2-6,8,10H2,1H3,(H,24,29)(H,25,30)/t12-,13-,14+,18?,19?/m0/s1. The van der Waals surface area contributed by atoms with E-state index in [1.54, 1.807) is 15.7 Å². The van der Waals surface area contributed by atoms with Crippen molar-refractivity contribution in [2.75, 3.05) is 0 Å². The minimum Gasteiger partial charge on any atom is -0.273 e. The van der Waals surface area contributed by atoms with Crippen LogP contribution in [0, 0.1) is 23.2 Å². The molecule has 11 heteroatoms. The van der Waals surface area contributed by atoms with Gasteiger partial charge in [0.2, 0.25) is 11.8 Å². The lowest BCUT2D eigenvalue weighted by Gasteiger charge is -2.60. The van der Waals surface area contributed by atoms with Crippen LogP contribution in [0.3, 0.4) is 0 Å². The van der Waals surface area contributed by atoms with E-state index in [0.717, 1.165) is 36.6 Å². The van der Waals surface area contributed by atoms with Crippen molar-refractivity contribution in [1.29, 1.82) is 0 Å². The van der Waals surface area contributed by atoms with Crippen LogP contribution in [0.2, 0.25) is 0 Å². The van der Waals surface area contributed by atoms with Crippen LogP contribution < -0.4 is 10.9 Å². The van der Waals surface area contributed by atoms with Crippen molar-refractivity contribution in [3.8, 4) is 0 Å². The average molecular weight is 477 g/mol. The zero-order valence-corrected chi connectivity index (χ0v) is 18.4. The summed E-state index contributed by atoms with van der Waals surface area (Å²) in [5.41, 5.74) is 4.65. The number of hydrogen-bond donors (Lipinski definition) is 2. The average Bonchev–Trinajstić information content (AvgIpc) is 3.37. The number of halogens is 1. The summed E-state index contributed by atoms with van der Waals surface area (Å²) in [6.07, 6.45) is 10.5. The maximum Gasteiger partial charge on any atom is 0.244 e. The molecule has 2 N–H and O–H groups in total. The molecular weight excluding hydrogens is 452 g/mol. The number of aromatic nitrogens is 6. The first-order valence-corrected chi connectivity index (χ1v) is 11.2. The summed E-state index contributed by atoms with van der Waals surface area (Å²) in [6, 6.07) is 0. The van der Waals surface area contributed by atoms with Crippen molar-refractivity contribution < 1.29 is 9.59 Å². The predicted molar refractivity (Wildman–Crippen MR) is 108 cm³/mol. The Kier molecular flexibility index (Phi) is 4.68. The Morgan fingerprint density at radius 2 is 2.00 bits per heavy atom. The number of nitrogens with zero attached hydrogens (tertiary/aromatic N) is 6. The Labute approximate surface area is 182 Å². The number of tetrazole rings is 1. The molecule has 2 aromatic rings. The molecule has 0 aliphatic heterocycles. The highest BCUT2D eigenvalue weighted by molar-refractivity contribution is 9.10. The molecule has 4 saturated carbocycles. The summed E-state index contributed by atoms with van der Waals surface area (Å²) in [4.78, 5) is 27.5. The molecular formula is C19H25BrN8O2. The Morgan fingerprint density at radius 3 is 2.63 bits per heavy atom. The highest BCUT2D eigenvalue weighted by Crippen LogP contribution is 2.63. The number of hydrazine groups is 1. The molecule has 2 heterocycles. The second-order valence-corrected chi connectivity index (χ2v) is 10.3. The molecule has 0 spiro atoms. The maximum atomic E-state index is 13.3. The normalized spacial score (nSPS) is 32.7. The van der Waals surface area contributed by atoms with Crippen LogP contribution in [-0.4, -0.2) is 41.8 Å². The van der Waals surface area contributed by atoms with E-state index >= 15 is 0 Å². The molecule has 0 aromatic carbocycles. The highest BCUT2D eigenvalue weighted by Gasteiger charge is 2.62. The summed E-state index contributed by atoms with van der Waals surface area (Å²) in [6.45, 7) is 2.25. The molecule has 0 radical (unpaired) electrons. The van der Waals surface area contributed by atoms with E-state index in [1.165, 1.54) is 6.33 Å². The Morgan fingerprint density at radius 1 is 1.23 bits per heavy atom. The minimum atomic E-state index is -0.485. The Bertz CT molecular complexity index is 944. The lowest BCUT2D eigenvalue weighted by molar-refractivity contribution is -0.159. The smallest absolute Gasteiger partial charge is 0.244 e. The molecule has 160 valence electrons. The molecule has 30 heavy (non-hydrogen) atoms. The molecule has 6 rings (SSSR count). The molecule has 4 bridgehead atoms. The van der Waals surface area contributed by atoms with Gasteiger partial charge in [-0.3, -0.25) is 25.1 Å². The summed E-state index contributed by atoms with van der Waals surface area (Å²) < 4.78 is 2.56. The summed E-state index contributed by atoms with van der Waals surface area (Å²) >= 11 is 3.35. The van der Waals surface area contributed by atoms with Crippen molar-refractivity contribution in [1.82, 2.24) is 40.8 Å². The van der Waals surface area contributed by atoms with Crippen molar-refractivity contribution in [2.45, 2.75) is 57.5 Å². The first-order chi connectivity index (χ1) is 14.4. The van der Waals surface area contributed by atoms with Crippen molar-refractivity contribution in [2.24, 2.45) is 23.2 Å². The van der Waals surface area contributed by atoms with Gasteiger partial charge >= 0.3 is 0 Å². The number of amides is 2. The molecule has 2 unspecified atom stereocenters. The molecule has 4 fully saturated rings. The fourth-order valence-corrected chi connectivity index (χ4v) is 6.60.